The van der Waals surface area contributed by atoms with Gasteiger partial charge in [-0.3, -0.25) is 19.8 Å². The molecule has 2 atom stereocenters. The van der Waals surface area contributed by atoms with Gasteiger partial charge < -0.3 is 15.2 Å². The molecule has 1 aliphatic rings. The Balaban J connectivity index is 1.64. The first kappa shape index (κ1) is 19.6. The molecule has 8 nitrogen and oxygen atoms in total. The average Bonchev–Trinajstić information content (AvgIpc) is 2.93. The number of benzene rings is 1. The van der Waals surface area contributed by atoms with Crippen molar-refractivity contribution < 1.29 is 14.4 Å². The highest BCUT2D eigenvalue weighted by Crippen LogP contribution is 2.20. The van der Waals surface area contributed by atoms with Crippen LogP contribution in [0.2, 0.25) is 0 Å². The van der Waals surface area contributed by atoms with Gasteiger partial charge in [0.25, 0.3) is 11.8 Å². The fourth-order valence-corrected chi connectivity index (χ4v) is 3.26. The molecule has 1 aromatic heterocycles. The summed E-state index contributed by atoms with van der Waals surface area (Å²) in [5.41, 5.74) is 8.56. The first-order chi connectivity index (χ1) is 13.4. The molecule has 0 aliphatic carbocycles. The van der Waals surface area contributed by atoms with E-state index in [1.807, 2.05) is 43.5 Å². The number of fused-ring (bicyclic) bond motifs is 1. The maximum Gasteiger partial charge on any atom is 0.268 e. The minimum Gasteiger partial charge on any atom is -0.350 e. The third-order valence-corrected chi connectivity index (χ3v) is 4.91. The monoisotopic (exact) mass is 383 g/mol. The average molecular weight is 383 g/mol. The van der Waals surface area contributed by atoms with Gasteiger partial charge in [-0.15, -0.1) is 0 Å². The van der Waals surface area contributed by atoms with Gasteiger partial charge in [-0.05, 0) is 29.7 Å². The Morgan fingerprint density at radius 1 is 1.29 bits per heavy atom. The Kier molecular flexibility index (Phi) is 5.79. The second-order valence-electron chi connectivity index (χ2n) is 7.05. The maximum atomic E-state index is 12.6. The van der Waals surface area contributed by atoms with Crippen LogP contribution in [0.4, 0.5) is 0 Å². The molecule has 0 spiro atoms. The molecule has 0 unspecified atom stereocenters. The molecule has 0 saturated carbocycles. The van der Waals surface area contributed by atoms with E-state index in [1.165, 1.54) is 0 Å². The Morgan fingerprint density at radius 3 is 2.75 bits per heavy atom. The van der Waals surface area contributed by atoms with Gasteiger partial charge in [0.05, 0.1) is 5.92 Å². The number of nitrogens with zero attached hydrogens (tertiary/aromatic N) is 1. The topological polar surface area (TPSA) is 104 Å². The SMILES string of the molecule is Cc1ccn(C)c1C(=O)NC[C@@H](C)C(=O)N[C@@H]1C(=O)NNCc2ccccc21. The summed E-state index contributed by atoms with van der Waals surface area (Å²) >= 11 is 0. The molecule has 3 amide bonds. The second kappa shape index (κ2) is 8.26. The van der Waals surface area contributed by atoms with Crippen LogP contribution in [0.5, 0.6) is 0 Å². The molecule has 1 aliphatic heterocycles. The number of nitrogens with one attached hydrogen (secondary N) is 4. The summed E-state index contributed by atoms with van der Waals surface area (Å²) < 4.78 is 1.75. The zero-order valence-corrected chi connectivity index (χ0v) is 16.2. The Labute approximate surface area is 163 Å². The molecule has 8 heteroatoms. The largest absolute Gasteiger partial charge is 0.350 e. The summed E-state index contributed by atoms with van der Waals surface area (Å²) in [6.45, 7) is 4.23. The Morgan fingerprint density at radius 2 is 2.04 bits per heavy atom. The normalized spacial score (nSPS) is 17.1. The number of hydrogen-bond donors (Lipinski definition) is 4. The zero-order valence-electron chi connectivity index (χ0n) is 16.2. The van der Waals surface area contributed by atoms with Crippen LogP contribution in [-0.2, 0) is 23.2 Å². The van der Waals surface area contributed by atoms with Crippen LogP contribution >= 0.6 is 0 Å². The van der Waals surface area contributed by atoms with Crippen molar-refractivity contribution in [2.75, 3.05) is 6.54 Å². The molecule has 28 heavy (non-hydrogen) atoms. The number of rotatable bonds is 5. The number of aryl methyl sites for hydroxylation is 2. The summed E-state index contributed by atoms with van der Waals surface area (Å²) in [4.78, 5) is 37.4. The predicted octanol–water partition coefficient (Wildman–Crippen LogP) is 0.691. The van der Waals surface area contributed by atoms with Crippen molar-refractivity contribution in [2.45, 2.75) is 26.4 Å². The number of aromatic nitrogens is 1. The fraction of sp³-hybridized carbons (Fsp3) is 0.350. The van der Waals surface area contributed by atoms with Crippen molar-refractivity contribution in [1.29, 1.82) is 0 Å². The van der Waals surface area contributed by atoms with Gasteiger partial charge in [0, 0.05) is 26.3 Å². The molecule has 0 bridgehead atoms. The molecule has 2 aromatic rings. The quantitative estimate of drug-likeness (QED) is 0.610. The minimum atomic E-state index is -0.785. The van der Waals surface area contributed by atoms with Gasteiger partial charge in [0.2, 0.25) is 5.91 Å². The van der Waals surface area contributed by atoms with E-state index in [-0.39, 0.29) is 24.3 Å². The molecule has 3 rings (SSSR count). The number of amides is 3. The number of hydrazine groups is 1. The first-order valence-corrected chi connectivity index (χ1v) is 9.19. The number of hydrogen-bond acceptors (Lipinski definition) is 4. The van der Waals surface area contributed by atoms with E-state index in [0.717, 1.165) is 16.7 Å². The summed E-state index contributed by atoms with van der Waals surface area (Å²) in [6.07, 6.45) is 1.82. The molecular weight excluding hydrogens is 358 g/mol. The van der Waals surface area contributed by atoms with E-state index in [4.69, 9.17) is 0 Å². The second-order valence-corrected chi connectivity index (χ2v) is 7.05. The molecule has 1 aromatic carbocycles. The van der Waals surface area contributed by atoms with Crippen molar-refractivity contribution in [1.82, 2.24) is 26.1 Å². The Hall–Kier alpha value is -3.13. The highest BCUT2D eigenvalue weighted by molar-refractivity contribution is 5.95. The van der Waals surface area contributed by atoms with Crippen LogP contribution in [0.25, 0.3) is 0 Å². The van der Waals surface area contributed by atoms with Crippen molar-refractivity contribution in [3.05, 3.63) is 58.9 Å². The standard InChI is InChI=1S/C20H25N5O3/c1-12-8-9-25(3)17(12)20(28)21-10-13(2)18(26)23-16-15-7-5-4-6-14(15)11-22-24-19(16)27/h4-9,13,16,22H,10-11H2,1-3H3,(H,21,28)(H,23,26)(H,24,27)/t13-,16+/m1/s1. The van der Waals surface area contributed by atoms with Gasteiger partial charge in [0.15, 0.2) is 0 Å². The van der Waals surface area contributed by atoms with Gasteiger partial charge in [-0.2, -0.15) is 0 Å². The molecule has 0 fully saturated rings. The van der Waals surface area contributed by atoms with E-state index in [9.17, 15) is 14.4 Å². The third-order valence-electron chi connectivity index (χ3n) is 4.91. The van der Waals surface area contributed by atoms with E-state index < -0.39 is 12.0 Å². The van der Waals surface area contributed by atoms with Crippen LogP contribution in [-0.4, -0.2) is 28.8 Å². The molecule has 0 radical (unpaired) electrons. The van der Waals surface area contributed by atoms with Gasteiger partial charge in [-0.1, -0.05) is 31.2 Å². The van der Waals surface area contributed by atoms with Crippen LogP contribution in [0.15, 0.2) is 36.5 Å². The van der Waals surface area contributed by atoms with E-state index in [2.05, 4.69) is 21.5 Å². The number of carbonyl (C=O) groups excluding carboxylic acids is 3. The van der Waals surface area contributed by atoms with E-state index in [0.29, 0.717) is 12.2 Å². The predicted molar refractivity (Wildman–Crippen MR) is 104 cm³/mol. The molecule has 0 saturated heterocycles. The molecule has 4 N–H and O–H groups in total. The van der Waals surface area contributed by atoms with Crippen molar-refractivity contribution in [2.24, 2.45) is 13.0 Å². The zero-order chi connectivity index (χ0) is 20.3. The fourth-order valence-electron chi connectivity index (χ4n) is 3.26. The lowest BCUT2D eigenvalue weighted by Crippen LogP contribution is -2.46. The lowest BCUT2D eigenvalue weighted by molar-refractivity contribution is -0.131. The summed E-state index contributed by atoms with van der Waals surface area (Å²) in [7, 11) is 1.80. The number of carbonyl (C=O) groups is 3. The first-order valence-electron chi connectivity index (χ1n) is 9.19. The summed E-state index contributed by atoms with van der Waals surface area (Å²) in [5.74, 6) is -1.36. The Bertz CT molecular complexity index is 885. The third kappa shape index (κ3) is 4.07. The van der Waals surface area contributed by atoms with Crippen molar-refractivity contribution >= 4 is 17.7 Å². The van der Waals surface area contributed by atoms with Crippen molar-refractivity contribution in [3.63, 3.8) is 0 Å². The summed E-state index contributed by atoms with van der Waals surface area (Å²) in [6, 6.07) is 8.54. The maximum absolute atomic E-state index is 12.6. The summed E-state index contributed by atoms with van der Waals surface area (Å²) in [5, 5.41) is 5.59. The molecule has 2 heterocycles. The van der Waals surface area contributed by atoms with Crippen LogP contribution < -0.4 is 21.5 Å². The van der Waals surface area contributed by atoms with E-state index >= 15 is 0 Å². The smallest absolute Gasteiger partial charge is 0.268 e. The van der Waals surface area contributed by atoms with Gasteiger partial charge in [0.1, 0.15) is 11.7 Å². The van der Waals surface area contributed by atoms with Crippen LogP contribution in [0, 0.1) is 12.8 Å². The highest BCUT2D eigenvalue weighted by Gasteiger charge is 2.28. The van der Waals surface area contributed by atoms with Crippen molar-refractivity contribution in [3.8, 4) is 0 Å². The lowest BCUT2D eigenvalue weighted by atomic mass is 9.99. The van der Waals surface area contributed by atoms with E-state index in [1.54, 1.807) is 18.5 Å². The highest BCUT2D eigenvalue weighted by atomic mass is 16.2. The van der Waals surface area contributed by atoms with Crippen LogP contribution in [0.3, 0.4) is 0 Å². The molecular formula is C20H25N5O3. The van der Waals surface area contributed by atoms with Gasteiger partial charge in [-0.25, -0.2) is 5.43 Å². The van der Waals surface area contributed by atoms with Crippen LogP contribution in [0.1, 0.15) is 40.1 Å². The molecule has 148 valence electrons. The lowest BCUT2D eigenvalue weighted by Gasteiger charge is -2.20. The minimum absolute atomic E-state index is 0.170. The van der Waals surface area contributed by atoms with Gasteiger partial charge >= 0.3 is 0 Å².